The Labute approximate surface area is 86.0 Å². The third kappa shape index (κ3) is 1.94. The van der Waals surface area contributed by atoms with Crippen molar-refractivity contribution >= 4 is 17.2 Å². The van der Waals surface area contributed by atoms with Crippen molar-refractivity contribution in [2.75, 3.05) is 12.3 Å². The summed E-state index contributed by atoms with van der Waals surface area (Å²) in [5.74, 6) is -0.492. The Morgan fingerprint density at radius 3 is 2.60 bits per heavy atom. The molecular formula is C9H11N3O3. The quantitative estimate of drug-likeness (QED) is 0.328. The Bertz CT molecular complexity index is 429. The van der Waals surface area contributed by atoms with Gasteiger partial charge in [0.05, 0.1) is 17.0 Å². The van der Waals surface area contributed by atoms with Gasteiger partial charge in [0.15, 0.2) is 5.78 Å². The fourth-order valence-corrected chi connectivity index (χ4v) is 1.24. The fraction of sp³-hybridized carbons (Fsp3) is 0.222. The SMILES string of the molecule is Cc1ccc(C(=O)CN)c([N+](=O)[O-])c1N. The summed E-state index contributed by atoms with van der Waals surface area (Å²) >= 11 is 0. The average molecular weight is 209 g/mol. The predicted octanol–water partition coefficient (Wildman–Crippen LogP) is 0.627. The molecule has 15 heavy (non-hydrogen) atoms. The van der Waals surface area contributed by atoms with Crippen LogP contribution >= 0.6 is 0 Å². The van der Waals surface area contributed by atoms with Crippen LogP contribution in [0, 0.1) is 17.0 Å². The first kappa shape index (κ1) is 11.1. The van der Waals surface area contributed by atoms with Crippen molar-refractivity contribution in [3.05, 3.63) is 33.4 Å². The van der Waals surface area contributed by atoms with Gasteiger partial charge >= 0.3 is 5.69 Å². The van der Waals surface area contributed by atoms with Crippen molar-refractivity contribution in [1.82, 2.24) is 0 Å². The number of carbonyl (C=O) groups excluding carboxylic acids is 1. The molecule has 0 unspecified atom stereocenters. The van der Waals surface area contributed by atoms with Gasteiger partial charge in [0, 0.05) is 0 Å². The standard InChI is InChI=1S/C9H11N3O3/c1-5-2-3-6(7(13)4-10)9(8(5)11)12(14)15/h2-3H,4,10-11H2,1H3. The van der Waals surface area contributed by atoms with E-state index in [2.05, 4.69) is 0 Å². The number of aryl methyl sites for hydroxylation is 1. The normalized spacial score (nSPS) is 10.0. The summed E-state index contributed by atoms with van der Waals surface area (Å²) in [4.78, 5) is 21.4. The van der Waals surface area contributed by atoms with Crippen LogP contribution in [0.25, 0.3) is 0 Å². The number of benzene rings is 1. The third-order valence-electron chi connectivity index (χ3n) is 2.10. The van der Waals surface area contributed by atoms with Gasteiger partial charge in [-0.05, 0) is 18.6 Å². The number of nitro benzene ring substituents is 1. The second-order valence-electron chi connectivity index (χ2n) is 3.08. The lowest BCUT2D eigenvalue weighted by molar-refractivity contribution is -0.384. The van der Waals surface area contributed by atoms with Gasteiger partial charge in [0.2, 0.25) is 0 Å². The maximum absolute atomic E-state index is 11.3. The van der Waals surface area contributed by atoms with Crippen LogP contribution < -0.4 is 11.5 Å². The molecule has 0 radical (unpaired) electrons. The number of ketones is 1. The van der Waals surface area contributed by atoms with E-state index >= 15 is 0 Å². The largest absolute Gasteiger partial charge is 0.393 e. The minimum Gasteiger partial charge on any atom is -0.393 e. The number of carbonyl (C=O) groups is 1. The van der Waals surface area contributed by atoms with E-state index in [9.17, 15) is 14.9 Å². The van der Waals surface area contributed by atoms with E-state index in [0.29, 0.717) is 5.56 Å². The number of anilines is 1. The van der Waals surface area contributed by atoms with E-state index in [1.807, 2.05) is 0 Å². The molecule has 1 aromatic carbocycles. The smallest absolute Gasteiger partial charge is 0.303 e. The number of Topliss-reactive ketones (excluding diaryl/α,β-unsaturated/α-hetero) is 1. The zero-order valence-electron chi connectivity index (χ0n) is 8.19. The fourth-order valence-electron chi connectivity index (χ4n) is 1.24. The van der Waals surface area contributed by atoms with E-state index in [1.165, 1.54) is 6.07 Å². The Balaban J connectivity index is 3.46. The van der Waals surface area contributed by atoms with E-state index < -0.39 is 10.7 Å². The van der Waals surface area contributed by atoms with Gasteiger partial charge in [-0.25, -0.2) is 0 Å². The van der Waals surface area contributed by atoms with Gasteiger partial charge in [0.25, 0.3) is 0 Å². The molecule has 0 amide bonds. The van der Waals surface area contributed by atoms with E-state index in [1.54, 1.807) is 13.0 Å². The maximum Gasteiger partial charge on any atom is 0.303 e. The number of nitrogen functional groups attached to an aromatic ring is 1. The van der Waals surface area contributed by atoms with Crippen molar-refractivity contribution < 1.29 is 9.72 Å². The summed E-state index contributed by atoms with van der Waals surface area (Å²) in [5, 5.41) is 10.7. The van der Waals surface area contributed by atoms with Crippen molar-refractivity contribution in [2.45, 2.75) is 6.92 Å². The van der Waals surface area contributed by atoms with Crippen LogP contribution in [0.15, 0.2) is 12.1 Å². The van der Waals surface area contributed by atoms with Gasteiger partial charge in [-0.2, -0.15) is 0 Å². The first-order valence-corrected chi connectivity index (χ1v) is 4.25. The Morgan fingerprint density at radius 2 is 2.13 bits per heavy atom. The molecule has 0 aliphatic heterocycles. The predicted molar refractivity (Wildman–Crippen MR) is 55.6 cm³/mol. The van der Waals surface area contributed by atoms with Crippen molar-refractivity contribution in [3.63, 3.8) is 0 Å². The molecule has 0 aliphatic rings. The van der Waals surface area contributed by atoms with Gasteiger partial charge in [-0.15, -0.1) is 0 Å². The zero-order valence-corrected chi connectivity index (χ0v) is 8.19. The highest BCUT2D eigenvalue weighted by Crippen LogP contribution is 2.29. The minimum atomic E-state index is -0.661. The van der Waals surface area contributed by atoms with Crippen molar-refractivity contribution in [2.24, 2.45) is 5.73 Å². The summed E-state index contributed by atoms with van der Waals surface area (Å²) in [6.07, 6.45) is 0. The molecule has 0 bridgehead atoms. The van der Waals surface area contributed by atoms with Crippen LogP contribution in [0.5, 0.6) is 0 Å². The molecule has 6 heteroatoms. The molecule has 1 rings (SSSR count). The summed E-state index contributed by atoms with van der Waals surface area (Å²) in [6, 6.07) is 2.93. The zero-order chi connectivity index (χ0) is 11.6. The molecule has 80 valence electrons. The minimum absolute atomic E-state index is 0.0132. The summed E-state index contributed by atoms with van der Waals surface area (Å²) in [7, 11) is 0. The number of hydrogen-bond donors (Lipinski definition) is 2. The van der Waals surface area contributed by atoms with E-state index in [4.69, 9.17) is 11.5 Å². The van der Waals surface area contributed by atoms with E-state index in [-0.39, 0.29) is 23.5 Å². The summed E-state index contributed by atoms with van der Waals surface area (Å²) < 4.78 is 0. The van der Waals surface area contributed by atoms with Crippen LogP contribution in [0.4, 0.5) is 11.4 Å². The number of nitro groups is 1. The Kier molecular flexibility index (Phi) is 3.01. The number of nitrogens with zero attached hydrogens (tertiary/aromatic N) is 1. The Morgan fingerprint density at radius 1 is 1.53 bits per heavy atom. The lowest BCUT2D eigenvalue weighted by Crippen LogP contribution is -2.16. The summed E-state index contributed by atoms with van der Waals surface area (Å²) in [6.45, 7) is 1.36. The topological polar surface area (TPSA) is 112 Å². The molecule has 0 saturated carbocycles. The molecule has 1 aromatic rings. The van der Waals surface area contributed by atoms with Gasteiger partial charge in [0.1, 0.15) is 5.69 Å². The molecule has 0 heterocycles. The number of hydrogen-bond acceptors (Lipinski definition) is 5. The second kappa shape index (κ2) is 4.05. The average Bonchev–Trinajstić information content (AvgIpc) is 2.20. The number of rotatable bonds is 3. The molecule has 0 aliphatic carbocycles. The Hall–Kier alpha value is -1.95. The first-order valence-electron chi connectivity index (χ1n) is 4.25. The molecule has 0 saturated heterocycles. The maximum atomic E-state index is 11.3. The molecule has 0 spiro atoms. The second-order valence-corrected chi connectivity index (χ2v) is 3.08. The molecule has 0 aromatic heterocycles. The lowest BCUT2D eigenvalue weighted by atomic mass is 10.0. The lowest BCUT2D eigenvalue weighted by Gasteiger charge is -2.05. The van der Waals surface area contributed by atoms with Gasteiger partial charge in [-0.3, -0.25) is 14.9 Å². The van der Waals surface area contributed by atoms with Crippen LogP contribution in [0.2, 0.25) is 0 Å². The van der Waals surface area contributed by atoms with Crippen LogP contribution in [-0.2, 0) is 0 Å². The van der Waals surface area contributed by atoms with Crippen LogP contribution in [0.1, 0.15) is 15.9 Å². The monoisotopic (exact) mass is 209 g/mol. The highest BCUT2D eigenvalue weighted by atomic mass is 16.6. The third-order valence-corrected chi connectivity index (χ3v) is 2.10. The molecule has 0 fully saturated rings. The van der Waals surface area contributed by atoms with Gasteiger partial charge < -0.3 is 11.5 Å². The van der Waals surface area contributed by atoms with E-state index in [0.717, 1.165) is 0 Å². The van der Waals surface area contributed by atoms with Crippen LogP contribution in [-0.4, -0.2) is 17.3 Å². The highest BCUT2D eigenvalue weighted by Gasteiger charge is 2.23. The van der Waals surface area contributed by atoms with Crippen molar-refractivity contribution in [1.29, 1.82) is 0 Å². The van der Waals surface area contributed by atoms with Crippen LogP contribution in [0.3, 0.4) is 0 Å². The van der Waals surface area contributed by atoms with Crippen molar-refractivity contribution in [3.8, 4) is 0 Å². The highest BCUT2D eigenvalue weighted by molar-refractivity contribution is 6.03. The molecular weight excluding hydrogens is 198 g/mol. The molecule has 4 N–H and O–H groups in total. The molecule has 0 atom stereocenters. The molecule has 6 nitrogen and oxygen atoms in total. The number of nitrogens with two attached hydrogens (primary N) is 2. The summed E-state index contributed by atoms with van der Waals surface area (Å²) in [5.41, 5.74) is 10.9. The first-order chi connectivity index (χ1) is 6.99. The van der Waals surface area contributed by atoms with Gasteiger partial charge in [-0.1, -0.05) is 6.07 Å².